The van der Waals surface area contributed by atoms with E-state index in [9.17, 15) is 4.79 Å². The van der Waals surface area contributed by atoms with Crippen molar-refractivity contribution in [2.45, 2.75) is 39.8 Å². The Bertz CT molecular complexity index is 431. The third-order valence-electron chi connectivity index (χ3n) is 2.82. The van der Waals surface area contributed by atoms with E-state index in [0.717, 1.165) is 16.9 Å². The van der Waals surface area contributed by atoms with E-state index in [1.807, 2.05) is 39.0 Å². The lowest BCUT2D eigenvalue weighted by Gasteiger charge is -2.19. The predicted octanol–water partition coefficient (Wildman–Crippen LogP) is 2.22. The second-order valence-corrected chi connectivity index (χ2v) is 4.89. The molecule has 0 bridgehead atoms. The highest BCUT2D eigenvalue weighted by Crippen LogP contribution is 2.20. The Labute approximate surface area is 115 Å². The van der Waals surface area contributed by atoms with E-state index in [1.165, 1.54) is 0 Å². The molecule has 0 fully saturated rings. The van der Waals surface area contributed by atoms with Crippen molar-refractivity contribution in [2.24, 2.45) is 0 Å². The van der Waals surface area contributed by atoms with Gasteiger partial charge in [-0.25, -0.2) is 0 Å². The van der Waals surface area contributed by atoms with Crippen LogP contribution < -0.4 is 10.1 Å². The monoisotopic (exact) mass is 265 g/mol. The first-order valence-corrected chi connectivity index (χ1v) is 6.47. The molecule has 0 unspecified atom stereocenters. The number of aryl methyl sites for hydroxylation is 2. The molecule has 2 atom stereocenters. The molecule has 0 aromatic heterocycles. The van der Waals surface area contributed by atoms with Crippen molar-refractivity contribution < 1.29 is 14.3 Å². The van der Waals surface area contributed by atoms with E-state index in [-0.39, 0.29) is 11.9 Å². The fraction of sp³-hybridized carbons (Fsp3) is 0.533. The lowest BCUT2D eigenvalue weighted by Crippen LogP contribution is -2.43. The van der Waals surface area contributed by atoms with Crippen LogP contribution in [-0.4, -0.2) is 31.8 Å². The maximum atomic E-state index is 11.9. The number of amides is 1. The highest BCUT2D eigenvalue weighted by Gasteiger charge is 2.17. The second kappa shape index (κ2) is 7.14. The normalized spacial score (nSPS) is 13.7. The minimum absolute atomic E-state index is 0.0258. The van der Waals surface area contributed by atoms with Crippen molar-refractivity contribution in [3.63, 3.8) is 0 Å². The quantitative estimate of drug-likeness (QED) is 0.858. The molecule has 106 valence electrons. The van der Waals surface area contributed by atoms with Crippen molar-refractivity contribution in [2.75, 3.05) is 13.7 Å². The summed E-state index contributed by atoms with van der Waals surface area (Å²) in [6, 6.07) is 5.93. The molecule has 0 heterocycles. The summed E-state index contributed by atoms with van der Waals surface area (Å²) in [5.41, 5.74) is 2.14. The molecule has 19 heavy (non-hydrogen) atoms. The molecule has 1 amide bonds. The molecule has 1 aromatic rings. The van der Waals surface area contributed by atoms with Gasteiger partial charge in [0.2, 0.25) is 0 Å². The number of carbonyl (C=O) groups excluding carboxylic acids is 1. The van der Waals surface area contributed by atoms with Crippen molar-refractivity contribution in [1.82, 2.24) is 5.32 Å². The summed E-state index contributed by atoms with van der Waals surface area (Å²) in [5, 5.41) is 2.85. The second-order valence-electron chi connectivity index (χ2n) is 4.89. The van der Waals surface area contributed by atoms with Crippen molar-refractivity contribution in [3.05, 3.63) is 29.3 Å². The number of nitrogens with one attached hydrogen (secondary N) is 1. The summed E-state index contributed by atoms with van der Waals surface area (Å²) in [6.45, 7) is 8.09. The standard InChI is InChI=1S/C15H23NO3/c1-10-6-7-11(2)14(8-10)19-13(4)15(17)16-12(3)9-18-5/h6-8,12-13H,9H2,1-5H3,(H,16,17)/t12-,13-/m0/s1. The van der Waals surface area contributed by atoms with Crippen molar-refractivity contribution >= 4 is 5.91 Å². The fourth-order valence-corrected chi connectivity index (χ4v) is 1.73. The van der Waals surface area contributed by atoms with Gasteiger partial charge in [-0.15, -0.1) is 0 Å². The topological polar surface area (TPSA) is 47.6 Å². The zero-order chi connectivity index (χ0) is 14.4. The molecule has 0 aliphatic carbocycles. The molecule has 0 spiro atoms. The van der Waals surface area contributed by atoms with Crippen molar-refractivity contribution in [3.8, 4) is 5.75 Å². The maximum Gasteiger partial charge on any atom is 0.261 e. The van der Waals surface area contributed by atoms with E-state index >= 15 is 0 Å². The number of benzene rings is 1. The molecule has 0 radical (unpaired) electrons. The number of hydrogen-bond donors (Lipinski definition) is 1. The van der Waals surface area contributed by atoms with Gasteiger partial charge in [-0.2, -0.15) is 0 Å². The van der Waals surface area contributed by atoms with Crippen LogP contribution in [0.25, 0.3) is 0 Å². The van der Waals surface area contributed by atoms with Gasteiger partial charge >= 0.3 is 0 Å². The summed E-state index contributed by atoms with van der Waals surface area (Å²) in [7, 11) is 1.61. The molecular weight excluding hydrogens is 242 g/mol. The van der Waals surface area contributed by atoms with Crippen LogP contribution in [-0.2, 0) is 9.53 Å². The van der Waals surface area contributed by atoms with Gasteiger partial charge in [0.15, 0.2) is 6.10 Å². The first-order valence-electron chi connectivity index (χ1n) is 6.47. The minimum atomic E-state index is -0.528. The molecule has 1 N–H and O–H groups in total. The Morgan fingerprint density at radius 3 is 2.63 bits per heavy atom. The third-order valence-corrected chi connectivity index (χ3v) is 2.82. The van der Waals surface area contributed by atoms with E-state index in [4.69, 9.17) is 9.47 Å². The van der Waals surface area contributed by atoms with Crippen LogP contribution in [0, 0.1) is 13.8 Å². The van der Waals surface area contributed by atoms with E-state index in [1.54, 1.807) is 14.0 Å². The number of methoxy groups -OCH3 is 1. The first-order chi connectivity index (χ1) is 8.93. The van der Waals surface area contributed by atoms with Gasteiger partial charge < -0.3 is 14.8 Å². The van der Waals surface area contributed by atoms with Crippen LogP contribution in [0.3, 0.4) is 0 Å². The van der Waals surface area contributed by atoms with Gasteiger partial charge in [0.05, 0.1) is 6.61 Å². The van der Waals surface area contributed by atoms with Crippen LogP contribution in [0.5, 0.6) is 5.75 Å². The Morgan fingerprint density at radius 2 is 2.00 bits per heavy atom. The van der Waals surface area contributed by atoms with E-state index in [2.05, 4.69) is 5.32 Å². The predicted molar refractivity (Wildman–Crippen MR) is 75.5 cm³/mol. The van der Waals surface area contributed by atoms with Gasteiger partial charge in [-0.1, -0.05) is 12.1 Å². The van der Waals surface area contributed by atoms with Gasteiger partial charge in [0.25, 0.3) is 5.91 Å². The van der Waals surface area contributed by atoms with Gasteiger partial charge in [-0.05, 0) is 44.9 Å². The summed E-state index contributed by atoms with van der Waals surface area (Å²) in [6.07, 6.45) is -0.528. The van der Waals surface area contributed by atoms with Gasteiger partial charge in [0.1, 0.15) is 5.75 Å². The average molecular weight is 265 g/mol. The van der Waals surface area contributed by atoms with Crippen LogP contribution in [0.15, 0.2) is 18.2 Å². The zero-order valence-electron chi connectivity index (χ0n) is 12.3. The Kier molecular flexibility index (Phi) is 5.83. The molecule has 1 rings (SSSR count). The minimum Gasteiger partial charge on any atom is -0.481 e. The van der Waals surface area contributed by atoms with Crippen molar-refractivity contribution in [1.29, 1.82) is 0 Å². The van der Waals surface area contributed by atoms with Crippen LogP contribution in [0.1, 0.15) is 25.0 Å². The lowest BCUT2D eigenvalue weighted by atomic mass is 10.1. The summed E-state index contributed by atoms with van der Waals surface area (Å²) >= 11 is 0. The molecule has 0 saturated heterocycles. The molecule has 0 aliphatic heterocycles. The number of hydrogen-bond acceptors (Lipinski definition) is 3. The molecule has 1 aromatic carbocycles. The Balaban J connectivity index is 2.61. The van der Waals surface area contributed by atoms with Crippen LogP contribution >= 0.6 is 0 Å². The largest absolute Gasteiger partial charge is 0.481 e. The molecule has 4 heteroatoms. The number of carbonyl (C=O) groups is 1. The van der Waals surface area contributed by atoms with Gasteiger partial charge in [0, 0.05) is 13.2 Å². The first kappa shape index (κ1) is 15.5. The summed E-state index contributed by atoms with van der Waals surface area (Å²) < 4.78 is 10.7. The SMILES string of the molecule is COC[C@H](C)NC(=O)[C@H](C)Oc1cc(C)ccc1C. The average Bonchev–Trinajstić information content (AvgIpc) is 2.34. The van der Waals surface area contributed by atoms with Crippen LogP contribution in [0.4, 0.5) is 0 Å². The van der Waals surface area contributed by atoms with Crippen LogP contribution in [0.2, 0.25) is 0 Å². The molecule has 0 saturated carbocycles. The third kappa shape index (κ3) is 4.91. The number of ether oxygens (including phenoxy) is 2. The fourth-order valence-electron chi connectivity index (χ4n) is 1.73. The lowest BCUT2D eigenvalue weighted by molar-refractivity contribution is -0.128. The number of rotatable bonds is 6. The highest BCUT2D eigenvalue weighted by molar-refractivity contribution is 5.81. The summed E-state index contributed by atoms with van der Waals surface area (Å²) in [4.78, 5) is 11.9. The molecule has 0 aliphatic rings. The Hall–Kier alpha value is -1.55. The maximum absolute atomic E-state index is 11.9. The van der Waals surface area contributed by atoms with Gasteiger partial charge in [-0.3, -0.25) is 4.79 Å². The zero-order valence-corrected chi connectivity index (χ0v) is 12.3. The Morgan fingerprint density at radius 1 is 1.32 bits per heavy atom. The van der Waals surface area contributed by atoms with E-state index < -0.39 is 6.10 Å². The molecular formula is C15H23NO3. The smallest absolute Gasteiger partial charge is 0.261 e. The van der Waals surface area contributed by atoms with E-state index in [0.29, 0.717) is 6.61 Å². The molecule has 4 nitrogen and oxygen atoms in total. The highest BCUT2D eigenvalue weighted by atomic mass is 16.5. The summed E-state index contributed by atoms with van der Waals surface area (Å²) in [5.74, 6) is 0.618.